The molecule has 0 spiro atoms. The molecule has 0 heterocycles. The fourth-order valence-corrected chi connectivity index (χ4v) is 2.08. The van der Waals surface area contributed by atoms with Gasteiger partial charge in [-0.25, -0.2) is 13.2 Å². The van der Waals surface area contributed by atoms with Gasteiger partial charge in [-0.15, -0.1) is 0 Å². The van der Waals surface area contributed by atoms with Crippen molar-refractivity contribution in [3.63, 3.8) is 0 Å². The highest BCUT2D eigenvalue weighted by molar-refractivity contribution is 7.95. The first-order valence-corrected chi connectivity index (χ1v) is 7.50. The third kappa shape index (κ3) is 4.40. The molecular weight excluding hydrogens is 268 g/mol. The predicted octanol–water partition coefficient (Wildman–Crippen LogP) is 1.64. The molecular formula is C13H16O5S. The van der Waals surface area contributed by atoms with E-state index in [2.05, 4.69) is 0 Å². The Bertz CT molecular complexity index is 570. The van der Waals surface area contributed by atoms with Crippen LogP contribution in [0.2, 0.25) is 0 Å². The van der Waals surface area contributed by atoms with E-state index in [1.807, 2.05) is 0 Å². The largest absolute Gasteiger partial charge is 0.497 e. The minimum Gasteiger partial charge on any atom is -0.497 e. The van der Waals surface area contributed by atoms with Crippen LogP contribution in [0.4, 0.5) is 0 Å². The molecule has 6 heteroatoms. The summed E-state index contributed by atoms with van der Waals surface area (Å²) in [6.45, 7) is 1.74. The standard InChI is InChI=1S/C13H16O5S/c1-4-18-13(14)12(19(3,15)16)9-10-5-7-11(17-2)8-6-10/h5-9H,4H2,1-3H3/b12-9-. The summed E-state index contributed by atoms with van der Waals surface area (Å²) in [5.74, 6) is -0.199. The molecule has 1 aromatic carbocycles. The molecule has 0 aliphatic heterocycles. The first-order chi connectivity index (χ1) is 8.88. The molecule has 0 unspecified atom stereocenters. The van der Waals surface area contributed by atoms with E-state index in [1.54, 1.807) is 31.2 Å². The zero-order chi connectivity index (χ0) is 14.5. The molecule has 5 nitrogen and oxygen atoms in total. The summed E-state index contributed by atoms with van der Waals surface area (Å²) in [6, 6.07) is 6.67. The molecule has 0 aromatic heterocycles. The van der Waals surface area contributed by atoms with E-state index >= 15 is 0 Å². The molecule has 0 saturated carbocycles. The van der Waals surface area contributed by atoms with Crippen LogP contribution in [0.15, 0.2) is 29.2 Å². The van der Waals surface area contributed by atoms with Gasteiger partial charge in [-0.2, -0.15) is 0 Å². The summed E-state index contributed by atoms with van der Waals surface area (Å²) in [5.41, 5.74) is 0.578. The molecule has 0 fully saturated rings. The van der Waals surface area contributed by atoms with Gasteiger partial charge in [0.05, 0.1) is 13.7 Å². The van der Waals surface area contributed by atoms with Crippen LogP contribution in [0.25, 0.3) is 6.08 Å². The smallest absolute Gasteiger partial charge is 0.349 e. The number of hydrogen-bond acceptors (Lipinski definition) is 5. The van der Waals surface area contributed by atoms with Crippen molar-refractivity contribution in [3.8, 4) is 5.75 Å². The molecule has 1 aromatic rings. The summed E-state index contributed by atoms with van der Waals surface area (Å²) >= 11 is 0. The Morgan fingerprint density at radius 1 is 1.26 bits per heavy atom. The fraction of sp³-hybridized carbons (Fsp3) is 0.308. The number of methoxy groups -OCH3 is 1. The van der Waals surface area contributed by atoms with Gasteiger partial charge in [-0.3, -0.25) is 0 Å². The van der Waals surface area contributed by atoms with Crippen LogP contribution in [0.3, 0.4) is 0 Å². The van der Waals surface area contributed by atoms with Crippen molar-refractivity contribution in [2.75, 3.05) is 20.0 Å². The van der Waals surface area contributed by atoms with Crippen LogP contribution in [0, 0.1) is 0 Å². The minimum absolute atomic E-state index is 0.119. The monoisotopic (exact) mass is 284 g/mol. The zero-order valence-corrected chi connectivity index (χ0v) is 11.9. The zero-order valence-electron chi connectivity index (χ0n) is 11.0. The Labute approximate surface area is 112 Å². The molecule has 0 aliphatic rings. The van der Waals surface area contributed by atoms with Gasteiger partial charge in [0.2, 0.25) is 0 Å². The lowest BCUT2D eigenvalue weighted by Gasteiger charge is -2.05. The van der Waals surface area contributed by atoms with Crippen molar-refractivity contribution in [2.24, 2.45) is 0 Å². The predicted molar refractivity (Wildman–Crippen MR) is 72.4 cm³/mol. The highest BCUT2D eigenvalue weighted by Gasteiger charge is 2.21. The Balaban J connectivity index is 3.16. The van der Waals surface area contributed by atoms with Crippen LogP contribution >= 0.6 is 0 Å². The number of hydrogen-bond donors (Lipinski definition) is 0. The molecule has 19 heavy (non-hydrogen) atoms. The van der Waals surface area contributed by atoms with Crippen molar-refractivity contribution in [1.82, 2.24) is 0 Å². The van der Waals surface area contributed by atoms with Crippen molar-refractivity contribution < 1.29 is 22.7 Å². The molecule has 0 atom stereocenters. The highest BCUT2D eigenvalue weighted by Crippen LogP contribution is 2.17. The summed E-state index contributed by atoms with van der Waals surface area (Å²) in [6.07, 6.45) is 2.26. The van der Waals surface area contributed by atoms with Gasteiger partial charge in [0.25, 0.3) is 0 Å². The molecule has 1 rings (SSSR count). The lowest BCUT2D eigenvalue weighted by molar-refractivity contribution is -0.137. The van der Waals surface area contributed by atoms with E-state index in [4.69, 9.17) is 9.47 Å². The number of carbonyl (C=O) groups excluding carboxylic acids is 1. The van der Waals surface area contributed by atoms with Crippen LogP contribution in [0.1, 0.15) is 12.5 Å². The first-order valence-electron chi connectivity index (χ1n) is 5.61. The van der Waals surface area contributed by atoms with E-state index in [9.17, 15) is 13.2 Å². The second-order valence-corrected chi connectivity index (χ2v) is 5.76. The highest BCUT2D eigenvalue weighted by atomic mass is 32.2. The number of esters is 1. The lowest BCUT2D eigenvalue weighted by atomic mass is 10.2. The molecule has 104 valence electrons. The van der Waals surface area contributed by atoms with E-state index in [0.717, 1.165) is 6.26 Å². The first kappa shape index (κ1) is 15.2. The van der Waals surface area contributed by atoms with Gasteiger partial charge in [-0.1, -0.05) is 12.1 Å². The average Bonchev–Trinajstić information content (AvgIpc) is 2.35. The second-order valence-electron chi connectivity index (χ2n) is 3.77. The van der Waals surface area contributed by atoms with E-state index in [1.165, 1.54) is 13.2 Å². The van der Waals surface area contributed by atoms with Gasteiger partial charge in [-0.05, 0) is 30.7 Å². The summed E-state index contributed by atoms with van der Waals surface area (Å²) in [5, 5.41) is 0. The fourth-order valence-electron chi connectivity index (χ4n) is 1.37. The van der Waals surface area contributed by atoms with E-state index in [-0.39, 0.29) is 11.5 Å². The number of sulfone groups is 1. The molecule has 0 amide bonds. The van der Waals surface area contributed by atoms with Crippen LogP contribution in [-0.4, -0.2) is 34.4 Å². The van der Waals surface area contributed by atoms with Crippen LogP contribution in [0.5, 0.6) is 5.75 Å². The average molecular weight is 284 g/mol. The van der Waals surface area contributed by atoms with Crippen molar-refractivity contribution in [1.29, 1.82) is 0 Å². The van der Waals surface area contributed by atoms with Crippen LogP contribution in [-0.2, 0) is 19.4 Å². The number of benzene rings is 1. The van der Waals surface area contributed by atoms with Gasteiger partial charge in [0.1, 0.15) is 5.75 Å². The quantitative estimate of drug-likeness (QED) is 0.607. The Kier molecular flexibility index (Phi) is 5.11. The SMILES string of the molecule is CCOC(=O)/C(=C/c1ccc(OC)cc1)S(C)(=O)=O. The third-order valence-electron chi connectivity index (χ3n) is 2.29. The van der Waals surface area contributed by atoms with Gasteiger partial charge in [0.15, 0.2) is 14.7 Å². The topological polar surface area (TPSA) is 69.7 Å². The summed E-state index contributed by atoms with van der Waals surface area (Å²) < 4.78 is 32.9. The normalized spacial score (nSPS) is 12.1. The number of ether oxygens (including phenoxy) is 2. The van der Waals surface area contributed by atoms with Gasteiger partial charge >= 0.3 is 5.97 Å². The third-order valence-corrected chi connectivity index (χ3v) is 3.37. The maximum absolute atomic E-state index is 11.6. The van der Waals surface area contributed by atoms with Gasteiger partial charge < -0.3 is 9.47 Å². The second kappa shape index (κ2) is 6.38. The summed E-state index contributed by atoms with van der Waals surface area (Å²) in [7, 11) is -2.11. The van der Waals surface area contributed by atoms with Crippen LogP contribution < -0.4 is 4.74 Å². The molecule has 0 aliphatic carbocycles. The molecule has 0 N–H and O–H groups in total. The van der Waals surface area contributed by atoms with Gasteiger partial charge in [0, 0.05) is 6.26 Å². The van der Waals surface area contributed by atoms with E-state index < -0.39 is 15.8 Å². The van der Waals surface area contributed by atoms with E-state index in [0.29, 0.717) is 11.3 Å². The summed E-state index contributed by atoms with van der Waals surface area (Å²) in [4.78, 5) is 11.3. The number of carbonyl (C=O) groups is 1. The maximum atomic E-state index is 11.6. The van der Waals surface area contributed by atoms with Crippen molar-refractivity contribution in [3.05, 3.63) is 34.7 Å². The number of rotatable bonds is 5. The van der Waals surface area contributed by atoms with Crippen molar-refractivity contribution >= 4 is 21.9 Å². The van der Waals surface area contributed by atoms with Crippen molar-refractivity contribution in [2.45, 2.75) is 6.92 Å². The minimum atomic E-state index is -3.64. The Morgan fingerprint density at radius 2 is 1.84 bits per heavy atom. The molecule has 0 radical (unpaired) electrons. The maximum Gasteiger partial charge on any atom is 0.349 e. The molecule has 0 saturated heterocycles. The lowest BCUT2D eigenvalue weighted by Crippen LogP contribution is -2.15. The Hall–Kier alpha value is -1.82. The molecule has 0 bridgehead atoms. The Morgan fingerprint density at radius 3 is 2.26 bits per heavy atom.